The number of anilines is 1. The smallest absolute Gasteiger partial charge is 0.433 e. The number of para-hydroxylation sites is 1. The van der Waals surface area contributed by atoms with E-state index < -0.39 is 16.7 Å². The van der Waals surface area contributed by atoms with Crippen molar-refractivity contribution in [2.24, 2.45) is 0 Å². The molecule has 20 heavy (non-hydrogen) atoms. The largest absolute Gasteiger partial charge is 0.440 e. The number of rotatable bonds is 3. The van der Waals surface area contributed by atoms with Crippen LogP contribution in [0.4, 0.5) is 11.8 Å². The van der Waals surface area contributed by atoms with Crippen molar-refractivity contribution in [2.75, 3.05) is 5.32 Å². The second-order valence-electron chi connectivity index (χ2n) is 4.00. The Kier molecular flexibility index (Phi) is 2.72. The van der Waals surface area contributed by atoms with Crippen LogP contribution in [-0.2, 0) is 0 Å². The van der Waals surface area contributed by atoms with E-state index in [4.69, 9.17) is 8.83 Å². The van der Waals surface area contributed by atoms with Gasteiger partial charge in [0.15, 0.2) is 5.76 Å². The van der Waals surface area contributed by atoms with Crippen molar-refractivity contribution in [3.05, 3.63) is 58.3 Å². The van der Waals surface area contributed by atoms with Crippen molar-refractivity contribution in [3.63, 3.8) is 0 Å². The first-order valence-corrected chi connectivity index (χ1v) is 5.67. The molecule has 0 saturated heterocycles. The Balaban J connectivity index is 1.82. The molecular weight excluding hydrogens is 264 g/mol. The van der Waals surface area contributed by atoms with Crippen LogP contribution in [0.25, 0.3) is 11.0 Å². The van der Waals surface area contributed by atoms with Gasteiger partial charge >= 0.3 is 5.88 Å². The van der Waals surface area contributed by atoms with Crippen LogP contribution in [0.2, 0.25) is 0 Å². The molecule has 0 radical (unpaired) electrons. The molecule has 3 aromatic rings. The predicted molar refractivity (Wildman–Crippen MR) is 69.5 cm³/mol. The third kappa shape index (κ3) is 2.12. The average Bonchev–Trinajstić information content (AvgIpc) is 3.04. The molecule has 7 heteroatoms. The fourth-order valence-electron chi connectivity index (χ4n) is 1.76. The number of carbonyl (C=O) groups excluding carboxylic acids is 1. The Morgan fingerprint density at radius 3 is 2.65 bits per heavy atom. The number of nitrogens with one attached hydrogen (secondary N) is 1. The molecule has 1 aromatic carbocycles. The molecular formula is C13H8N2O5. The van der Waals surface area contributed by atoms with Crippen LogP contribution < -0.4 is 5.32 Å². The zero-order valence-corrected chi connectivity index (χ0v) is 10.0. The summed E-state index contributed by atoms with van der Waals surface area (Å²) in [7, 11) is 0. The normalized spacial score (nSPS) is 10.6. The third-order valence-electron chi connectivity index (χ3n) is 2.66. The molecule has 0 atom stereocenters. The summed E-state index contributed by atoms with van der Waals surface area (Å²) in [6, 6.07) is 11.3. The van der Waals surface area contributed by atoms with Gasteiger partial charge in [0.1, 0.15) is 10.5 Å². The molecule has 3 rings (SSSR count). The minimum atomic E-state index is -0.710. The maximum absolute atomic E-state index is 11.8. The highest BCUT2D eigenvalue weighted by Crippen LogP contribution is 2.23. The monoisotopic (exact) mass is 272 g/mol. The molecule has 0 aliphatic heterocycles. The van der Waals surface area contributed by atoms with Gasteiger partial charge in [-0.3, -0.25) is 20.2 Å². The van der Waals surface area contributed by atoms with Crippen molar-refractivity contribution in [1.29, 1.82) is 0 Å². The third-order valence-corrected chi connectivity index (χ3v) is 2.66. The molecule has 1 amide bonds. The van der Waals surface area contributed by atoms with Crippen LogP contribution in [0.1, 0.15) is 10.6 Å². The van der Waals surface area contributed by atoms with Crippen LogP contribution in [0.15, 0.2) is 51.3 Å². The fraction of sp³-hybridized carbons (Fsp3) is 0. The molecule has 2 aromatic heterocycles. The van der Waals surface area contributed by atoms with Crippen LogP contribution >= 0.6 is 0 Å². The minimum Gasteiger partial charge on any atom is -0.440 e. The highest BCUT2D eigenvalue weighted by atomic mass is 16.6. The van der Waals surface area contributed by atoms with E-state index in [-0.39, 0.29) is 11.6 Å². The first-order valence-electron chi connectivity index (χ1n) is 5.67. The average molecular weight is 272 g/mol. The van der Waals surface area contributed by atoms with Gasteiger partial charge in [-0.1, -0.05) is 18.2 Å². The number of carbonyl (C=O) groups is 1. The Morgan fingerprint density at radius 1 is 1.15 bits per heavy atom. The van der Waals surface area contributed by atoms with E-state index in [2.05, 4.69) is 5.32 Å². The van der Waals surface area contributed by atoms with Gasteiger partial charge in [-0.25, -0.2) is 0 Å². The number of furan rings is 2. The van der Waals surface area contributed by atoms with Gasteiger partial charge in [-0.05, 0) is 12.1 Å². The summed E-state index contributed by atoms with van der Waals surface area (Å²) in [6.07, 6.45) is 0. The number of amides is 1. The predicted octanol–water partition coefficient (Wildman–Crippen LogP) is 3.19. The zero-order chi connectivity index (χ0) is 14.1. The van der Waals surface area contributed by atoms with E-state index in [0.717, 1.165) is 11.5 Å². The van der Waals surface area contributed by atoms with Gasteiger partial charge in [0.2, 0.25) is 5.88 Å². The van der Waals surface area contributed by atoms with Crippen molar-refractivity contribution in [2.45, 2.75) is 0 Å². The van der Waals surface area contributed by atoms with E-state index >= 15 is 0 Å². The van der Waals surface area contributed by atoms with Crippen molar-refractivity contribution in [1.82, 2.24) is 0 Å². The van der Waals surface area contributed by atoms with Gasteiger partial charge in [-0.2, -0.15) is 0 Å². The quantitative estimate of drug-likeness (QED) is 0.583. The van der Waals surface area contributed by atoms with Crippen LogP contribution in [0, 0.1) is 10.1 Å². The Bertz CT molecular complexity index is 769. The van der Waals surface area contributed by atoms with Gasteiger partial charge in [-0.15, -0.1) is 0 Å². The van der Waals surface area contributed by atoms with Gasteiger partial charge in [0.25, 0.3) is 5.91 Å². The molecule has 2 heterocycles. The lowest BCUT2D eigenvalue weighted by molar-refractivity contribution is -0.402. The number of nitrogens with zero attached hydrogens (tertiary/aromatic N) is 1. The first-order chi connectivity index (χ1) is 9.63. The van der Waals surface area contributed by atoms with Crippen LogP contribution in [-0.4, -0.2) is 10.8 Å². The minimum absolute atomic E-state index is 0.155. The molecule has 0 aliphatic carbocycles. The topological polar surface area (TPSA) is 98.5 Å². The zero-order valence-electron chi connectivity index (χ0n) is 10.0. The summed E-state index contributed by atoms with van der Waals surface area (Å²) in [5, 5.41) is 13.8. The summed E-state index contributed by atoms with van der Waals surface area (Å²) >= 11 is 0. The van der Waals surface area contributed by atoms with Crippen molar-refractivity contribution in [3.8, 4) is 0 Å². The van der Waals surface area contributed by atoms with E-state index in [1.165, 1.54) is 6.07 Å². The molecule has 0 spiro atoms. The molecule has 7 nitrogen and oxygen atoms in total. The molecule has 0 saturated carbocycles. The lowest BCUT2D eigenvalue weighted by Gasteiger charge is -1.96. The standard InChI is InChI=1S/C13H8N2O5/c16-13(10-5-6-12(20-10)15(17)18)14-11-7-8-3-1-2-4-9(8)19-11/h1-7H,(H,14,16). The van der Waals surface area contributed by atoms with E-state index in [9.17, 15) is 14.9 Å². The lowest BCUT2D eigenvalue weighted by atomic mass is 10.3. The number of nitro groups is 1. The highest BCUT2D eigenvalue weighted by molar-refractivity contribution is 6.02. The van der Waals surface area contributed by atoms with Crippen LogP contribution in [0.5, 0.6) is 0 Å². The second kappa shape index (κ2) is 4.54. The Morgan fingerprint density at radius 2 is 1.95 bits per heavy atom. The van der Waals surface area contributed by atoms with Gasteiger partial charge in [0, 0.05) is 11.5 Å². The number of hydrogen-bond acceptors (Lipinski definition) is 5. The number of benzene rings is 1. The van der Waals surface area contributed by atoms with E-state index in [1.807, 2.05) is 18.2 Å². The number of fused-ring (bicyclic) bond motifs is 1. The molecule has 0 unspecified atom stereocenters. The van der Waals surface area contributed by atoms with Gasteiger partial charge in [0.05, 0.1) is 6.07 Å². The van der Waals surface area contributed by atoms with Crippen LogP contribution in [0.3, 0.4) is 0 Å². The highest BCUT2D eigenvalue weighted by Gasteiger charge is 2.18. The maximum atomic E-state index is 11.8. The van der Waals surface area contributed by atoms with E-state index in [1.54, 1.807) is 12.1 Å². The fourth-order valence-corrected chi connectivity index (χ4v) is 1.76. The number of hydrogen-bond donors (Lipinski definition) is 1. The SMILES string of the molecule is O=C(Nc1cc2ccccc2o1)c1ccc([N+](=O)[O-])o1. The van der Waals surface area contributed by atoms with Crippen molar-refractivity contribution >= 4 is 28.6 Å². The maximum Gasteiger partial charge on any atom is 0.433 e. The van der Waals surface area contributed by atoms with E-state index in [0.29, 0.717) is 5.58 Å². The van der Waals surface area contributed by atoms with Crippen molar-refractivity contribution < 1.29 is 18.6 Å². The molecule has 1 N–H and O–H groups in total. The first kappa shape index (κ1) is 12.0. The summed E-state index contributed by atoms with van der Waals surface area (Å²) in [5.74, 6) is -1.01. The summed E-state index contributed by atoms with van der Waals surface area (Å²) in [4.78, 5) is 21.6. The Hall–Kier alpha value is -3.09. The Labute approximate surface area is 111 Å². The lowest BCUT2D eigenvalue weighted by Crippen LogP contribution is -2.09. The molecule has 0 bridgehead atoms. The molecule has 100 valence electrons. The summed E-state index contributed by atoms with van der Waals surface area (Å²) < 4.78 is 10.2. The second-order valence-corrected chi connectivity index (χ2v) is 4.00. The molecule has 0 aliphatic rings. The molecule has 0 fully saturated rings. The van der Waals surface area contributed by atoms with Gasteiger partial charge < -0.3 is 8.83 Å². The summed E-state index contributed by atoms with van der Waals surface area (Å²) in [6.45, 7) is 0. The summed E-state index contributed by atoms with van der Waals surface area (Å²) in [5.41, 5.74) is 0.633.